The van der Waals surface area contributed by atoms with Crippen molar-refractivity contribution in [1.29, 1.82) is 10.5 Å². The molecule has 0 spiro atoms. The Morgan fingerprint density at radius 2 is 1.60 bits per heavy atom. The lowest BCUT2D eigenvalue weighted by Crippen LogP contribution is -2.32. The zero-order valence-electron chi connectivity index (χ0n) is 19.1. The van der Waals surface area contributed by atoms with E-state index in [1.54, 1.807) is 6.07 Å². The third kappa shape index (κ3) is 3.66. The zero-order valence-corrected chi connectivity index (χ0v) is 19.1. The first-order valence-corrected chi connectivity index (χ1v) is 11.8. The van der Waals surface area contributed by atoms with Crippen LogP contribution in [0.3, 0.4) is 0 Å². The fourth-order valence-corrected chi connectivity index (χ4v) is 5.34. The van der Waals surface area contributed by atoms with Gasteiger partial charge in [0.05, 0.1) is 17.8 Å². The number of benzene rings is 2. The zero-order chi connectivity index (χ0) is 23.8. The van der Waals surface area contributed by atoms with Crippen molar-refractivity contribution < 1.29 is 0 Å². The number of hydrogen-bond donors (Lipinski definition) is 0. The number of rotatable bonds is 3. The predicted molar refractivity (Wildman–Crippen MR) is 138 cm³/mol. The molecule has 2 heterocycles. The first kappa shape index (κ1) is 20.9. The minimum atomic E-state index is 0.232. The van der Waals surface area contributed by atoms with Crippen LogP contribution in [0, 0.1) is 28.6 Å². The predicted octanol–water partition coefficient (Wildman–Crippen LogP) is 6.72. The molecule has 4 heteroatoms. The van der Waals surface area contributed by atoms with Crippen molar-refractivity contribution in [3.8, 4) is 34.5 Å². The Morgan fingerprint density at radius 1 is 0.800 bits per heavy atom. The highest BCUT2D eigenvalue weighted by Crippen LogP contribution is 2.46. The molecule has 6 rings (SSSR count). The van der Waals surface area contributed by atoms with Gasteiger partial charge in [0.1, 0.15) is 11.8 Å². The molecule has 1 aliphatic heterocycles. The van der Waals surface area contributed by atoms with Crippen molar-refractivity contribution in [3.63, 3.8) is 0 Å². The molecule has 0 radical (unpaired) electrons. The van der Waals surface area contributed by atoms with Crippen molar-refractivity contribution in [2.75, 3.05) is 4.90 Å². The van der Waals surface area contributed by atoms with Crippen LogP contribution < -0.4 is 4.90 Å². The lowest BCUT2D eigenvalue weighted by atomic mass is 9.87. The fraction of sp³-hybridized carbons (Fsp3) is 0.129. The van der Waals surface area contributed by atoms with Gasteiger partial charge in [-0.1, -0.05) is 66.8 Å². The van der Waals surface area contributed by atoms with Gasteiger partial charge >= 0.3 is 0 Å². The highest BCUT2D eigenvalue weighted by atomic mass is 15.2. The summed E-state index contributed by atoms with van der Waals surface area (Å²) in [5.41, 5.74) is 9.13. The summed E-state index contributed by atoms with van der Waals surface area (Å²) in [6.45, 7) is 0. The molecule has 0 saturated heterocycles. The van der Waals surface area contributed by atoms with Gasteiger partial charge in [0.25, 0.3) is 0 Å². The third-order valence-electron chi connectivity index (χ3n) is 6.99. The Bertz CT molecular complexity index is 1520. The van der Waals surface area contributed by atoms with E-state index in [4.69, 9.17) is 5.26 Å². The molecule has 2 aliphatic carbocycles. The van der Waals surface area contributed by atoms with Crippen LogP contribution >= 0.6 is 0 Å². The van der Waals surface area contributed by atoms with Crippen LogP contribution in [-0.2, 0) is 0 Å². The van der Waals surface area contributed by atoms with Gasteiger partial charge in [0.2, 0.25) is 0 Å². The molecule has 0 bridgehead atoms. The van der Waals surface area contributed by atoms with E-state index in [0.29, 0.717) is 5.69 Å². The van der Waals surface area contributed by atoms with E-state index in [-0.39, 0.29) is 12.0 Å². The van der Waals surface area contributed by atoms with Gasteiger partial charge in [-0.25, -0.2) is 4.98 Å². The van der Waals surface area contributed by atoms with Crippen molar-refractivity contribution >= 4 is 5.69 Å². The van der Waals surface area contributed by atoms with E-state index in [1.807, 2.05) is 12.1 Å². The number of pyridine rings is 1. The van der Waals surface area contributed by atoms with Gasteiger partial charge in [-0.05, 0) is 59.9 Å². The molecule has 3 aliphatic rings. The minimum absolute atomic E-state index is 0.232. The van der Waals surface area contributed by atoms with E-state index >= 15 is 0 Å². The van der Waals surface area contributed by atoms with E-state index in [2.05, 4.69) is 101 Å². The summed E-state index contributed by atoms with van der Waals surface area (Å²) >= 11 is 0. The summed E-state index contributed by atoms with van der Waals surface area (Å²) < 4.78 is 0. The summed E-state index contributed by atoms with van der Waals surface area (Å²) in [6, 6.07) is 27.2. The number of hydrogen-bond acceptors (Lipinski definition) is 4. The van der Waals surface area contributed by atoms with Crippen LogP contribution in [0.15, 0.2) is 114 Å². The van der Waals surface area contributed by atoms with Crippen LogP contribution in [0.2, 0.25) is 0 Å². The summed E-state index contributed by atoms with van der Waals surface area (Å²) in [5, 5.41) is 18.6. The van der Waals surface area contributed by atoms with Crippen LogP contribution in [0.25, 0.3) is 22.4 Å². The lowest BCUT2D eigenvalue weighted by Gasteiger charge is -2.31. The quantitative estimate of drug-likeness (QED) is 0.444. The maximum Gasteiger partial charge on any atom is 0.141 e. The second-order valence-electron chi connectivity index (χ2n) is 8.99. The molecule has 4 nitrogen and oxygen atoms in total. The number of nitriles is 2. The van der Waals surface area contributed by atoms with Crippen LogP contribution in [0.5, 0.6) is 0 Å². The molecule has 0 amide bonds. The van der Waals surface area contributed by atoms with Crippen molar-refractivity contribution in [1.82, 2.24) is 4.98 Å². The average molecular weight is 451 g/mol. The van der Waals surface area contributed by atoms with E-state index < -0.39 is 0 Å². The normalized spacial score (nSPS) is 20.1. The molecule has 35 heavy (non-hydrogen) atoms. The summed E-state index contributed by atoms with van der Waals surface area (Å²) in [4.78, 5) is 6.87. The first-order valence-electron chi connectivity index (χ1n) is 11.8. The molecule has 0 fully saturated rings. The van der Waals surface area contributed by atoms with E-state index in [0.717, 1.165) is 40.8 Å². The Kier molecular flexibility index (Phi) is 5.13. The Morgan fingerprint density at radius 3 is 2.43 bits per heavy atom. The minimum Gasteiger partial charge on any atom is -0.337 e. The maximum absolute atomic E-state index is 9.47. The standard InChI is InChI=1S/C31H22N4/c32-19-21-11-16-31-28(17-21)27-8-1-2-10-30(27)35(31)26-7-3-5-24(18-26)22-12-14-23(15-13-22)29-9-4-6-25(20-33)34-29/h1-10,12-15,17-18,27,30H,11,16H2. The monoisotopic (exact) mass is 450 g/mol. The van der Waals surface area contributed by atoms with Crippen molar-refractivity contribution in [2.45, 2.75) is 18.9 Å². The smallest absolute Gasteiger partial charge is 0.141 e. The van der Waals surface area contributed by atoms with Crippen LogP contribution in [-0.4, -0.2) is 11.0 Å². The van der Waals surface area contributed by atoms with Gasteiger partial charge in [0.15, 0.2) is 0 Å². The average Bonchev–Trinajstić information content (AvgIpc) is 3.27. The Balaban J connectivity index is 1.35. The number of nitrogens with zero attached hydrogens (tertiary/aromatic N) is 4. The highest BCUT2D eigenvalue weighted by molar-refractivity contribution is 5.74. The molecular weight excluding hydrogens is 428 g/mol. The molecule has 2 aromatic carbocycles. The van der Waals surface area contributed by atoms with Crippen LogP contribution in [0.4, 0.5) is 5.69 Å². The fourth-order valence-electron chi connectivity index (χ4n) is 5.34. The van der Waals surface area contributed by atoms with Gasteiger partial charge < -0.3 is 4.90 Å². The second-order valence-corrected chi connectivity index (χ2v) is 8.99. The molecule has 0 saturated carbocycles. The second kappa shape index (κ2) is 8.60. The lowest BCUT2D eigenvalue weighted by molar-refractivity contribution is 0.681. The van der Waals surface area contributed by atoms with E-state index in [9.17, 15) is 5.26 Å². The molecule has 1 aromatic heterocycles. The number of allylic oxidation sites excluding steroid dienone is 5. The number of anilines is 1. The van der Waals surface area contributed by atoms with Gasteiger partial charge in [-0.15, -0.1) is 0 Å². The van der Waals surface area contributed by atoms with Crippen molar-refractivity contribution in [3.05, 3.63) is 120 Å². The third-order valence-corrected chi connectivity index (χ3v) is 6.99. The molecular formula is C31H22N4. The topological polar surface area (TPSA) is 63.7 Å². The first-order chi connectivity index (χ1) is 17.2. The van der Waals surface area contributed by atoms with Gasteiger partial charge in [-0.3, -0.25) is 0 Å². The Labute approximate surface area is 205 Å². The molecule has 166 valence electrons. The maximum atomic E-state index is 9.47. The molecule has 2 unspecified atom stereocenters. The Hall–Kier alpha value is -4.67. The highest BCUT2D eigenvalue weighted by Gasteiger charge is 2.39. The summed E-state index contributed by atoms with van der Waals surface area (Å²) in [5.74, 6) is 0.276. The van der Waals surface area contributed by atoms with Gasteiger partial charge in [0, 0.05) is 28.4 Å². The molecule has 2 atom stereocenters. The number of fused-ring (bicyclic) bond motifs is 2. The van der Waals surface area contributed by atoms with Crippen LogP contribution in [0.1, 0.15) is 18.5 Å². The summed E-state index contributed by atoms with van der Waals surface area (Å²) in [7, 11) is 0. The largest absolute Gasteiger partial charge is 0.337 e. The number of aromatic nitrogens is 1. The SMILES string of the molecule is N#CC1=CC2=C(CC1)N(c1cccc(-c3ccc(-c4cccc(C#N)n4)cc3)c1)C1C=CC=CC21. The van der Waals surface area contributed by atoms with E-state index in [1.165, 1.54) is 17.0 Å². The summed E-state index contributed by atoms with van der Waals surface area (Å²) in [6.07, 6.45) is 12.6. The molecule has 0 N–H and O–H groups in total. The van der Waals surface area contributed by atoms with Gasteiger partial charge in [-0.2, -0.15) is 10.5 Å². The van der Waals surface area contributed by atoms with Crippen molar-refractivity contribution in [2.24, 2.45) is 5.92 Å². The molecule has 3 aromatic rings.